The lowest BCUT2D eigenvalue weighted by atomic mass is 10.1. The molecule has 3 rings (SSSR count). The standard InChI is InChI=1S/C17H20ClN5O/c1-20-10-13(14(19)11-23-4-6-24-7-5-23)12-8-16-15(21-9-12)2-3-17(18)22-16/h2-3,8-10H,4-7,11,19H2,1H3. The summed E-state index contributed by atoms with van der Waals surface area (Å²) in [6, 6.07) is 5.52. The van der Waals surface area contributed by atoms with Gasteiger partial charge in [-0.25, -0.2) is 4.98 Å². The Kier molecular flexibility index (Phi) is 5.40. The van der Waals surface area contributed by atoms with Gasteiger partial charge in [0.25, 0.3) is 0 Å². The predicted octanol–water partition coefficient (Wildman–Crippen LogP) is 1.99. The second-order valence-electron chi connectivity index (χ2n) is 5.61. The number of hydrogen-bond donors (Lipinski definition) is 1. The van der Waals surface area contributed by atoms with Crippen LogP contribution in [-0.4, -0.2) is 61.0 Å². The highest BCUT2D eigenvalue weighted by Crippen LogP contribution is 2.20. The molecule has 126 valence electrons. The van der Waals surface area contributed by atoms with Gasteiger partial charge in [0.15, 0.2) is 0 Å². The van der Waals surface area contributed by atoms with Gasteiger partial charge in [-0.05, 0) is 18.2 Å². The zero-order valence-corrected chi connectivity index (χ0v) is 14.3. The Bertz CT molecular complexity index is 784. The topological polar surface area (TPSA) is 76.6 Å². The van der Waals surface area contributed by atoms with E-state index in [9.17, 15) is 0 Å². The second-order valence-corrected chi connectivity index (χ2v) is 6.00. The fourth-order valence-corrected chi connectivity index (χ4v) is 2.84. The number of rotatable bonds is 4. The van der Waals surface area contributed by atoms with Crippen molar-refractivity contribution in [3.63, 3.8) is 0 Å². The third kappa shape index (κ3) is 3.90. The Morgan fingerprint density at radius 3 is 2.92 bits per heavy atom. The molecule has 1 aliphatic heterocycles. The third-order valence-electron chi connectivity index (χ3n) is 3.92. The van der Waals surface area contributed by atoms with Crippen LogP contribution in [-0.2, 0) is 4.74 Å². The number of pyridine rings is 2. The van der Waals surface area contributed by atoms with Gasteiger partial charge in [0.2, 0.25) is 0 Å². The Morgan fingerprint density at radius 2 is 2.17 bits per heavy atom. The van der Waals surface area contributed by atoms with Crippen molar-refractivity contribution in [2.24, 2.45) is 10.7 Å². The van der Waals surface area contributed by atoms with Crippen LogP contribution in [0, 0.1) is 0 Å². The van der Waals surface area contributed by atoms with Crippen LogP contribution in [0.15, 0.2) is 35.1 Å². The molecule has 0 aromatic carbocycles. The van der Waals surface area contributed by atoms with E-state index in [2.05, 4.69) is 19.9 Å². The summed E-state index contributed by atoms with van der Waals surface area (Å²) in [5.41, 5.74) is 10.4. The summed E-state index contributed by atoms with van der Waals surface area (Å²) in [4.78, 5) is 15.2. The molecular formula is C17H20ClN5O. The first-order valence-electron chi connectivity index (χ1n) is 7.81. The van der Waals surface area contributed by atoms with E-state index in [0.717, 1.165) is 54.2 Å². The molecule has 0 radical (unpaired) electrons. The minimum atomic E-state index is 0.442. The monoisotopic (exact) mass is 345 g/mol. The van der Waals surface area contributed by atoms with Gasteiger partial charge in [0, 0.05) is 55.9 Å². The van der Waals surface area contributed by atoms with Crippen LogP contribution in [0.3, 0.4) is 0 Å². The number of ether oxygens (including phenoxy) is 1. The first-order valence-corrected chi connectivity index (χ1v) is 8.19. The fraction of sp³-hybridized carbons (Fsp3) is 0.353. The number of nitrogens with two attached hydrogens (primary N) is 1. The Morgan fingerprint density at radius 1 is 1.38 bits per heavy atom. The summed E-state index contributed by atoms with van der Waals surface area (Å²) >= 11 is 5.98. The zero-order chi connectivity index (χ0) is 16.9. The summed E-state index contributed by atoms with van der Waals surface area (Å²) in [6.07, 6.45) is 3.56. The molecule has 2 aromatic heterocycles. The van der Waals surface area contributed by atoms with Crippen LogP contribution < -0.4 is 5.73 Å². The van der Waals surface area contributed by atoms with E-state index in [1.165, 1.54) is 0 Å². The van der Waals surface area contributed by atoms with Gasteiger partial charge >= 0.3 is 0 Å². The molecule has 0 saturated carbocycles. The van der Waals surface area contributed by atoms with Crippen molar-refractivity contribution in [3.8, 4) is 0 Å². The van der Waals surface area contributed by atoms with Crippen molar-refractivity contribution in [1.82, 2.24) is 14.9 Å². The largest absolute Gasteiger partial charge is 0.400 e. The van der Waals surface area contributed by atoms with Crippen LogP contribution in [0.25, 0.3) is 16.6 Å². The number of halogens is 1. The van der Waals surface area contributed by atoms with Gasteiger partial charge in [-0.3, -0.25) is 14.9 Å². The molecule has 0 bridgehead atoms. The van der Waals surface area contributed by atoms with Crippen LogP contribution in [0.4, 0.5) is 0 Å². The summed E-state index contributed by atoms with van der Waals surface area (Å²) in [5.74, 6) is 0. The highest BCUT2D eigenvalue weighted by atomic mass is 35.5. The average Bonchev–Trinajstić information content (AvgIpc) is 2.59. The Hall–Kier alpha value is -2.02. The van der Waals surface area contributed by atoms with E-state index in [1.807, 2.05) is 12.1 Å². The number of aromatic nitrogens is 2. The maximum absolute atomic E-state index is 6.37. The number of hydrogen-bond acceptors (Lipinski definition) is 6. The second kappa shape index (κ2) is 7.70. The van der Waals surface area contributed by atoms with E-state index in [-0.39, 0.29) is 0 Å². The molecule has 2 aromatic rings. The lowest BCUT2D eigenvalue weighted by Crippen LogP contribution is -2.38. The molecule has 0 aliphatic carbocycles. The lowest BCUT2D eigenvalue weighted by molar-refractivity contribution is 0.0422. The molecule has 0 spiro atoms. The zero-order valence-electron chi connectivity index (χ0n) is 13.6. The van der Waals surface area contributed by atoms with E-state index < -0.39 is 0 Å². The van der Waals surface area contributed by atoms with Crippen molar-refractivity contribution in [2.75, 3.05) is 39.9 Å². The molecule has 6 nitrogen and oxygen atoms in total. The summed E-state index contributed by atoms with van der Waals surface area (Å²) in [6.45, 7) is 3.91. The highest BCUT2D eigenvalue weighted by molar-refractivity contribution is 6.29. The maximum Gasteiger partial charge on any atom is 0.129 e. The molecular weight excluding hydrogens is 326 g/mol. The molecule has 3 heterocycles. The molecule has 1 fully saturated rings. The van der Waals surface area contributed by atoms with Crippen LogP contribution in [0.5, 0.6) is 0 Å². The lowest BCUT2D eigenvalue weighted by Gasteiger charge is -2.27. The minimum absolute atomic E-state index is 0.442. The summed E-state index contributed by atoms with van der Waals surface area (Å²) < 4.78 is 5.38. The third-order valence-corrected chi connectivity index (χ3v) is 4.13. The summed E-state index contributed by atoms with van der Waals surface area (Å²) in [7, 11) is 1.73. The number of aliphatic imine (C=N–C) groups is 1. The quantitative estimate of drug-likeness (QED) is 0.677. The predicted molar refractivity (Wildman–Crippen MR) is 97.3 cm³/mol. The molecule has 0 atom stereocenters. The normalized spacial score (nSPS) is 17.4. The van der Waals surface area contributed by atoms with Gasteiger partial charge in [0.1, 0.15) is 5.15 Å². The first kappa shape index (κ1) is 16.8. The van der Waals surface area contributed by atoms with Gasteiger partial charge < -0.3 is 10.5 Å². The number of fused-ring (bicyclic) bond motifs is 1. The van der Waals surface area contributed by atoms with Crippen molar-refractivity contribution in [3.05, 3.63) is 40.8 Å². The van der Waals surface area contributed by atoms with E-state index in [1.54, 1.807) is 25.5 Å². The Labute approximate surface area is 146 Å². The van der Waals surface area contributed by atoms with Gasteiger partial charge in [0.05, 0.1) is 24.2 Å². The molecule has 7 heteroatoms. The van der Waals surface area contributed by atoms with Crippen LogP contribution >= 0.6 is 11.6 Å². The molecule has 24 heavy (non-hydrogen) atoms. The van der Waals surface area contributed by atoms with Crippen molar-refractivity contribution < 1.29 is 4.74 Å². The smallest absolute Gasteiger partial charge is 0.129 e. The van der Waals surface area contributed by atoms with Gasteiger partial charge in [-0.1, -0.05) is 11.6 Å². The van der Waals surface area contributed by atoms with Crippen molar-refractivity contribution in [1.29, 1.82) is 0 Å². The van der Waals surface area contributed by atoms with E-state index >= 15 is 0 Å². The van der Waals surface area contributed by atoms with Crippen molar-refractivity contribution in [2.45, 2.75) is 0 Å². The SMILES string of the molecule is CN=CC(=C(N)CN1CCOCC1)c1cnc2ccc(Cl)nc2c1. The molecule has 0 unspecified atom stereocenters. The average molecular weight is 346 g/mol. The van der Waals surface area contributed by atoms with Crippen LogP contribution in [0.2, 0.25) is 5.15 Å². The van der Waals surface area contributed by atoms with Crippen molar-refractivity contribution >= 4 is 34.4 Å². The Balaban J connectivity index is 1.95. The van der Waals surface area contributed by atoms with Gasteiger partial charge in [-0.2, -0.15) is 0 Å². The number of nitrogens with zero attached hydrogens (tertiary/aromatic N) is 4. The van der Waals surface area contributed by atoms with Crippen LogP contribution in [0.1, 0.15) is 5.56 Å². The van der Waals surface area contributed by atoms with Gasteiger partial charge in [-0.15, -0.1) is 0 Å². The minimum Gasteiger partial charge on any atom is -0.400 e. The molecule has 2 N–H and O–H groups in total. The van der Waals surface area contributed by atoms with E-state index in [0.29, 0.717) is 11.7 Å². The fourth-order valence-electron chi connectivity index (χ4n) is 2.69. The molecule has 0 amide bonds. The molecule has 1 aliphatic rings. The highest BCUT2D eigenvalue weighted by Gasteiger charge is 2.14. The molecule has 1 saturated heterocycles. The number of morpholine rings is 1. The first-order chi connectivity index (χ1) is 11.7. The number of allylic oxidation sites excluding steroid dienone is 1. The summed E-state index contributed by atoms with van der Waals surface area (Å²) in [5, 5.41) is 0.442. The maximum atomic E-state index is 6.37. The van der Waals surface area contributed by atoms with E-state index in [4.69, 9.17) is 22.1 Å².